The van der Waals surface area contributed by atoms with Crippen LogP contribution >= 0.6 is 0 Å². The molecule has 4 heteroatoms. The van der Waals surface area contributed by atoms with Gasteiger partial charge in [0.05, 0.1) is 11.1 Å². The van der Waals surface area contributed by atoms with Crippen LogP contribution in [0.3, 0.4) is 0 Å². The summed E-state index contributed by atoms with van der Waals surface area (Å²) in [6.45, 7) is 2.04. The van der Waals surface area contributed by atoms with Crippen molar-refractivity contribution in [3.63, 3.8) is 0 Å². The standard InChI is InChI=1S/C21H24N2O2/c1-23(14-6-10-16-8-3-2-4-9-16)15-7-12-17-11-5-13-18-19(17)21(25)22-20(18)24/h2-5,8-9,11,13H,6-7,10,12,14-15H2,1H3,(H,22,24,25). The Kier molecular flexibility index (Phi) is 5.61. The fourth-order valence-corrected chi connectivity index (χ4v) is 3.35. The second-order valence-electron chi connectivity index (χ2n) is 6.62. The molecule has 0 radical (unpaired) electrons. The number of aryl methyl sites for hydroxylation is 2. The normalized spacial score (nSPS) is 13.2. The molecule has 2 aromatic rings. The summed E-state index contributed by atoms with van der Waals surface area (Å²) in [7, 11) is 2.14. The maximum absolute atomic E-state index is 11.9. The van der Waals surface area contributed by atoms with Crippen LogP contribution in [0.5, 0.6) is 0 Å². The van der Waals surface area contributed by atoms with Gasteiger partial charge in [0, 0.05) is 0 Å². The van der Waals surface area contributed by atoms with Gasteiger partial charge in [0.15, 0.2) is 0 Å². The SMILES string of the molecule is CN(CCCc1ccccc1)CCCc1cccc2c1C(=O)NC2=O. The first-order chi connectivity index (χ1) is 12.1. The van der Waals surface area contributed by atoms with E-state index >= 15 is 0 Å². The van der Waals surface area contributed by atoms with E-state index in [1.165, 1.54) is 5.56 Å². The minimum absolute atomic E-state index is 0.258. The lowest BCUT2D eigenvalue weighted by molar-refractivity contribution is 0.0879. The Labute approximate surface area is 148 Å². The van der Waals surface area contributed by atoms with Gasteiger partial charge in [0.25, 0.3) is 11.8 Å². The number of carbonyl (C=O) groups excluding carboxylic acids is 2. The quantitative estimate of drug-likeness (QED) is 0.754. The zero-order chi connectivity index (χ0) is 17.6. The molecule has 130 valence electrons. The Morgan fingerprint density at radius 3 is 2.32 bits per heavy atom. The predicted molar refractivity (Wildman–Crippen MR) is 98.8 cm³/mol. The van der Waals surface area contributed by atoms with E-state index in [1.54, 1.807) is 6.07 Å². The molecule has 0 unspecified atom stereocenters. The maximum Gasteiger partial charge on any atom is 0.259 e. The van der Waals surface area contributed by atoms with Crippen molar-refractivity contribution in [2.75, 3.05) is 20.1 Å². The molecule has 0 saturated carbocycles. The van der Waals surface area contributed by atoms with Crippen LogP contribution in [0.25, 0.3) is 0 Å². The molecule has 1 aliphatic heterocycles. The van der Waals surface area contributed by atoms with Crippen LogP contribution in [0.2, 0.25) is 0 Å². The van der Waals surface area contributed by atoms with Crippen molar-refractivity contribution in [2.45, 2.75) is 25.7 Å². The minimum atomic E-state index is -0.278. The number of rotatable bonds is 8. The van der Waals surface area contributed by atoms with Gasteiger partial charge in [-0.1, -0.05) is 42.5 Å². The minimum Gasteiger partial charge on any atom is -0.306 e. The van der Waals surface area contributed by atoms with E-state index in [0.717, 1.165) is 44.3 Å². The third-order valence-electron chi connectivity index (χ3n) is 4.68. The average Bonchev–Trinajstić information content (AvgIpc) is 2.91. The Balaban J connectivity index is 1.44. The number of imide groups is 1. The highest BCUT2D eigenvalue weighted by Gasteiger charge is 2.28. The summed E-state index contributed by atoms with van der Waals surface area (Å²) >= 11 is 0. The van der Waals surface area contributed by atoms with Crippen molar-refractivity contribution in [1.82, 2.24) is 10.2 Å². The van der Waals surface area contributed by atoms with E-state index in [2.05, 4.69) is 41.5 Å². The zero-order valence-electron chi connectivity index (χ0n) is 14.6. The number of carbonyl (C=O) groups is 2. The van der Waals surface area contributed by atoms with Crippen molar-refractivity contribution < 1.29 is 9.59 Å². The monoisotopic (exact) mass is 336 g/mol. The van der Waals surface area contributed by atoms with Crippen LogP contribution in [0, 0.1) is 0 Å². The summed E-state index contributed by atoms with van der Waals surface area (Å²) in [5.74, 6) is -0.535. The van der Waals surface area contributed by atoms with Gasteiger partial charge in [-0.2, -0.15) is 0 Å². The highest BCUT2D eigenvalue weighted by molar-refractivity contribution is 6.22. The lowest BCUT2D eigenvalue weighted by Gasteiger charge is -2.16. The van der Waals surface area contributed by atoms with Crippen LogP contribution in [-0.4, -0.2) is 36.9 Å². The lowest BCUT2D eigenvalue weighted by Crippen LogP contribution is -2.22. The van der Waals surface area contributed by atoms with Gasteiger partial charge in [-0.3, -0.25) is 14.9 Å². The molecular formula is C21H24N2O2. The van der Waals surface area contributed by atoms with E-state index in [4.69, 9.17) is 0 Å². The molecule has 0 aromatic heterocycles. The Morgan fingerprint density at radius 1 is 0.840 bits per heavy atom. The van der Waals surface area contributed by atoms with Crippen LogP contribution < -0.4 is 5.32 Å². The topological polar surface area (TPSA) is 49.4 Å². The van der Waals surface area contributed by atoms with E-state index in [9.17, 15) is 9.59 Å². The van der Waals surface area contributed by atoms with Gasteiger partial charge in [0.1, 0.15) is 0 Å². The van der Waals surface area contributed by atoms with Gasteiger partial charge in [-0.05, 0) is 63.0 Å². The van der Waals surface area contributed by atoms with E-state index in [-0.39, 0.29) is 11.8 Å². The molecule has 0 bridgehead atoms. The van der Waals surface area contributed by atoms with Gasteiger partial charge >= 0.3 is 0 Å². The first-order valence-electron chi connectivity index (χ1n) is 8.85. The van der Waals surface area contributed by atoms with Gasteiger partial charge in [-0.25, -0.2) is 0 Å². The van der Waals surface area contributed by atoms with E-state index in [0.29, 0.717) is 11.1 Å². The van der Waals surface area contributed by atoms with Crippen molar-refractivity contribution in [1.29, 1.82) is 0 Å². The predicted octanol–water partition coefficient (Wildman–Crippen LogP) is 3.07. The summed E-state index contributed by atoms with van der Waals surface area (Å²) < 4.78 is 0. The molecule has 1 aliphatic rings. The molecular weight excluding hydrogens is 312 g/mol. The summed E-state index contributed by atoms with van der Waals surface area (Å²) in [5.41, 5.74) is 3.43. The smallest absolute Gasteiger partial charge is 0.259 e. The fourth-order valence-electron chi connectivity index (χ4n) is 3.35. The number of hydrogen-bond donors (Lipinski definition) is 1. The number of amides is 2. The van der Waals surface area contributed by atoms with Crippen LogP contribution in [0.1, 0.15) is 44.7 Å². The van der Waals surface area contributed by atoms with E-state index < -0.39 is 0 Å². The number of nitrogens with zero attached hydrogens (tertiary/aromatic N) is 1. The third kappa shape index (κ3) is 4.34. The number of nitrogens with one attached hydrogen (secondary N) is 1. The van der Waals surface area contributed by atoms with Gasteiger partial charge < -0.3 is 4.90 Å². The number of benzene rings is 2. The van der Waals surface area contributed by atoms with Gasteiger partial charge in [0.2, 0.25) is 0 Å². The summed E-state index contributed by atoms with van der Waals surface area (Å²) in [4.78, 5) is 26.0. The van der Waals surface area contributed by atoms with Crippen molar-refractivity contribution in [3.05, 3.63) is 70.8 Å². The molecule has 0 fully saturated rings. The highest BCUT2D eigenvalue weighted by Crippen LogP contribution is 2.21. The summed E-state index contributed by atoms with van der Waals surface area (Å²) in [6, 6.07) is 16.1. The molecule has 0 aliphatic carbocycles. The molecule has 2 amide bonds. The third-order valence-corrected chi connectivity index (χ3v) is 4.68. The molecule has 1 N–H and O–H groups in total. The molecule has 4 nitrogen and oxygen atoms in total. The van der Waals surface area contributed by atoms with Crippen molar-refractivity contribution in [3.8, 4) is 0 Å². The molecule has 0 saturated heterocycles. The average molecular weight is 336 g/mol. The zero-order valence-corrected chi connectivity index (χ0v) is 14.6. The molecule has 2 aromatic carbocycles. The Bertz CT molecular complexity index is 756. The van der Waals surface area contributed by atoms with Crippen molar-refractivity contribution in [2.24, 2.45) is 0 Å². The van der Waals surface area contributed by atoms with Gasteiger partial charge in [-0.15, -0.1) is 0 Å². The summed E-state index contributed by atoms with van der Waals surface area (Å²) in [5, 5.41) is 2.38. The fraction of sp³-hybridized carbons (Fsp3) is 0.333. The first kappa shape index (κ1) is 17.4. The second-order valence-corrected chi connectivity index (χ2v) is 6.62. The molecule has 25 heavy (non-hydrogen) atoms. The second kappa shape index (κ2) is 8.08. The number of fused-ring (bicyclic) bond motifs is 1. The highest BCUT2D eigenvalue weighted by atomic mass is 16.2. The Morgan fingerprint density at radius 2 is 1.56 bits per heavy atom. The number of hydrogen-bond acceptors (Lipinski definition) is 3. The van der Waals surface area contributed by atoms with Crippen LogP contribution in [-0.2, 0) is 12.8 Å². The molecule has 1 heterocycles. The van der Waals surface area contributed by atoms with Crippen LogP contribution in [0.15, 0.2) is 48.5 Å². The Hall–Kier alpha value is -2.46. The van der Waals surface area contributed by atoms with E-state index in [1.807, 2.05) is 18.2 Å². The van der Waals surface area contributed by atoms with Crippen LogP contribution in [0.4, 0.5) is 0 Å². The van der Waals surface area contributed by atoms with Crippen molar-refractivity contribution >= 4 is 11.8 Å². The lowest BCUT2D eigenvalue weighted by atomic mass is 9.99. The molecule has 3 rings (SSSR count). The molecule has 0 spiro atoms. The molecule has 0 atom stereocenters. The largest absolute Gasteiger partial charge is 0.306 e. The summed E-state index contributed by atoms with van der Waals surface area (Å²) in [6.07, 6.45) is 4.02. The maximum atomic E-state index is 11.9. The first-order valence-corrected chi connectivity index (χ1v) is 8.85.